The van der Waals surface area contributed by atoms with Gasteiger partial charge in [-0.15, -0.1) is 0 Å². The molecule has 0 rings (SSSR count). The van der Waals surface area contributed by atoms with E-state index in [0.717, 1.165) is 57.8 Å². The zero-order valence-electron chi connectivity index (χ0n) is 45.4. The molecule has 2 unspecified atom stereocenters. The second-order valence-electron chi connectivity index (χ2n) is 21.0. The van der Waals surface area contributed by atoms with Gasteiger partial charge in [-0.1, -0.05) is 309 Å². The molecule has 3 N–H and O–H groups in total. The minimum atomic E-state index is -0.853. The first-order valence-corrected chi connectivity index (χ1v) is 30.5. The van der Waals surface area contributed by atoms with Crippen LogP contribution in [0.2, 0.25) is 0 Å². The first-order chi connectivity index (χ1) is 33.0. The summed E-state index contributed by atoms with van der Waals surface area (Å²) >= 11 is 0. The van der Waals surface area contributed by atoms with Gasteiger partial charge >= 0.3 is 5.97 Å². The second kappa shape index (κ2) is 57.2. The summed E-state index contributed by atoms with van der Waals surface area (Å²) in [6.07, 6.45) is 68.1. The van der Waals surface area contributed by atoms with Crippen LogP contribution in [0.25, 0.3) is 0 Å². The number of carbonyl (C=O) groups is 2. The Bertz CT molecular complexity index is 1000. The number of aliphatic hydroxyl groups excluding tert-OH is 2. The van der Waals surface area contributed by atoms with Crippen LogP contribution in [0.3, 0.4) is 0 Å². The van der Waals surface area contributed by atoms with Crippen molar-refractivity contribution in [2.24, 2.45) is 0 Å². The Labute approximate surface area is 419 Å². The molecule has 0 aromatic rings. The quantitative estimate of drug-likeness (QED) is 0.0321. The number of esters is 1. The molecule has 6 heteroatoms. The smallest absolute Gasteiger partial charge is 0.305 e. The number of carbonyl (C=O) groups excluding carboxylic acids is 2. The molecule has 0 fully saturated rings. The monoisotopic (exact) mass is 946 g/mol. The lowest BCUT2D eigenvalue weighted by Gasteiger charge is -2.20. The number of aliphatic hydroxyl groups is 2. The van der Waals surface area contributed by atoms with Crippen LogP contribution in [0.15, 0.2) is 12.2 Å². The fourth-order valence-electron chi connectivity index (χ4n) is 9.64. The van der Waals surface area contributed by atoms with Gasteiger partial charge in [0.05, 0.1) is 25.4 Å². The lowest BCUT2D eigenvalue weighted by Crippen LogP contribution is -2.45. The van der Waals surface area contributed by atoms with Gasteiger partial charge in [-0.2, -0.15) is 0 Å². The van der Waals surface area contributed by atoms with Crippen molar-refractivity contribution in [2.45, 2.75) is 353 Å². The Morgan fingerprint density at radius 3 is 1.01 bits per heavy atom. The molecule has 398 valence electrons. The minimum absolute atomic E-state index is 0.00508. The number of ether oxygens (including phenoxy) is 1. The Morgan fingerprint density at radius 1 is 0.403 bits per heavy atom. The molecule has 67 heavy (non-hydrogen) atoms. The number of rotatable bonds is 57. The molecule has 0 heterocycles. The molecule has 6 nitrogen and oxygen atoms in total. The van der Waals surface area contributed by atoms with E-state index < -0.39 is 12.1 Å². The highest BCUT2D eigenvalue weighted by molar-refractivity contribution is 5.76. The first-order valence-electron chi connectivity index (χ1n) is 30.5. The van der Waals surface area contributed by atoms with E-state index in [4.69, 9.17) is 4.74 Å². The van der Waals surface area contributed by atoms with Gasteiger partial charge in [-0.3, -0.25) is 9.59 Å². The van der Waals surface area contributed by atoms with Gasteiger partial charge in [-0.25, -0.2) is 0 Å². The van der Waals surface area contributed by atoms with Crippen molar-refractivity contribution in [1.29, 1.82) is 0 Å². The van der Waals surface area contributed by atoms with E-state index in [9.17, 15) is 19.8 Å². The van der Waals surface area contributed by atoms with Crippen molar-refractivity contribution in [1.82, 2.24) is 5.32 Å². The van der Waals surface area contributed by atoms with Crippen molar-refractivity contribution >= 4 is 11.9 Å². The molecule has 0 aliphatic heterocycles. The number of amides is 1. The number of hydrogen-bond acceptors (Lipinski definition) is 5. The van der Waals surface area contributed by atoms with Crippen molar-refractivity contribution in [3.8, 4) is 0 Å². The fraction of sp³-hybridized carbons (Fsp3) is 0.934. The highest BCUT2D eigenvalue weighted by Gasteiger charge is 2.18. The van der Waals surface area contributed by atoms with Gasteiger partial charge in [-0.05, 0) is 32.1 Å². The van der Waals surface area contributed by atoms with Crippen LogP contribution in [0.4, 0.5) is 0 Å². The fourth-order valence-corrected chi connectivity index (χ4v) is 9.64. The van der Waals surface area contributed by atoms with Gasteiger partial charge in [0.15, 0.2) is 0 Å². The summed E-state index contributed by atoms with van der Waals surface area (Å²) in [5, 5.41) is 23.2. The van der Waals surface area contributed by atoms with Crippen LogP contribution >= 0.6 is 0 Å². The SMILES string of the molecule is CCCCCCCCCCCCCCCCCCCCCCCCC/C=C/C(O)C(CO)NC(=O)CCCCCCCCCCCCCCCOC(=O)CCCCCCCCCCCCCC. The molecule has 0 aromatic heterocycles. The Hall–Kier alpha value is -1.40. The minimum Gasteiger partial charge on any atom is -0.466 e. The summed E-state index contributed by atoms with van der Waals surface area (Å²) < 4.78 is 5.46. The third-order valence-corrected chi connectivity index (χ3v) is 14.3. The van der Waals surface area contributed by atoms with Crippen molar-refractivity contribution in [3.63, 3.8) is 0 Å². The molecule has 0 saturated heterocycles. The molecule has 0 aromatic carbocycles. The van der Waals surface area contributed by atoms with Crippen molar-refractivity contribution < 1.29 is 24.5 Å². The summed E-state index contributed by atoms with van der Waals surface area (Å²) in [6, 6.07) is -0.638. The molecule has 0 aliphatic rings. The van der Waals surface area contributed by atoms with Gasteiger partial charge in [0.25, 0.3) is 0 Å². The zero-order valence-corrected chi connectivity index (χ0v) is 45.4. The summed E-state index contributed by atoms with van der Waals surface area (Å²) in [7, 11) is 0. The average Bonchev–Trinajstić information content (AvgIpc) is 3.33. The molecule has 1 amide bonds. The zero-order chi connectivity index (χ0) is 48.6. The Balaban J connectivity index is 3.47. The van der Waals surface area contributed by atoms with Gasteiger partial charge in [0.1, 0.15) is 0 Å². The highest BCUT2D eigenvalue weighted by Crippen LogP contribution is 2.18. The topological polar surface area (TPSA) is 95.9 Å². The largest absolute Gasteiger partial charge is 0.466 e. The summed E-state index contributed by atoms with van der Waals surface area (Å²) in [4.78, 5) is 24.5. The van der Waals surface area contributed by atoms with E-state index in [1.54, 1.807) is 6.08 Å². The Morgan fingerprint density at radius 2 is 0.687 bits per heavy atom. The van der Waals surface area contributed by atoms with Gasteiger partial charge in [0.2, 0.25) is 5.91 Å². The maximum Gasteiger partial charge on any atom is 0.305 e. The number of hydrogen-bond donors (Lipinski definition) is 3. The second-order valence-corrected chi connectivity index (χ2v) is 21.0. The van der Waals surface area contributed by atoms with E-state index in [0.29, 0.717) is 19.4 Å². The summed E-state index contributed by atoms with van der Waals surface area (Å²) in [5.41, 5.74) is 0. The average molecular weight is 947 g/mol. The molecule has 0 spiro atoms. The Kier molecular flexibility index (Phi) is 56.0. The van der Waals surface area contributed by atoms with Crippen LogP contribution in [-0.4, -0.2) is 47.4 Å². The number of nitrogens with one attached hydrogen (secondary N) is 1. The number of allylic oxidation sites excluding steroid dienone is 1. The van der Waals surface area contributed by atoms with Crippen LogP contribution in [0, 0.1) is 0 Å². The van der Waals surface area contributed by atoms with E-state index >= 15 is 0 Å². The maximum absolute atomic E-state index is 12.5. The standard InChI is InChI=1S/C61H119NO5/c1-3-5-7-9-11-13-15-17-18-19-20-21-22-23-24-25-26-27-28-30-33-37-41-45-49-53-59(64)58(57-63)62-60(65)54-50-46-42-38-34-31-29-32-36-40-44-48-52-56-67-61(66)55-51-47-43-39-35-16-14-12-10-8-6-4-2/h49,53,58-59,63-64H,3-48,50-52,54-57H2,1-2H3,(H,62,65)/b53-49+. The molecule has 2 atom stereocenters. The van der Waals surface area contributed by atoms with Crippen molar-refractivity contribution in [2.75, 3.05) is 13.2 Å². The molecule has 0 radical (unpaired) electrons. The predicted molar refractivity (Wildman–Crippen MR) is 292 cm³/mol. The number of unbranched alkanes of at least 4 members (excludes halogenated alkanes) is 46. The van der Waals surface area contributed by atoms with E-state index in [-0.39, 0.29) is 18.5 Å². The summed E-state index contributed by atoms with van der Waals surface area (Å²) in [5.74, 6) is -0.0816. The third kappa shape index (κ3) is 53.8. The highest BCUT2D eigenvalue weighted by atomic mass is 16.5. The van der Waals surface area contributed by atoms with E-state index in [1.165, 1.54) is 257 Å². The van der Waals surface area contributed by atoms with E-state index in [1.807, 2.05) is 6.08 Å². The molecular weight excluding hydrogens is 827 g/mol. The van der Waals surface area contributed by atoms with Gasteiger partial charge < -0.3 is 20.3 Å². The lowest BCUT2D eigenvalue weighted by atomic mass is 10.0. The van der Waals surface area contributed by atoms with Crippen LogP contribution < -0.4 is 5.32 Å². The molecule has 0 aliphatic carbocycles. The first kappa shape index (κ1) is 65.6. The normalized spacial score (nSPS) is 12.6. The maximum atomic E-state index is 12.5. The molecule has 0 bridgehead atoms. The van der Waals surface area contributed by atoms with Crippen LogP contribution in [0.5, 0.6) is 0 Å². The molecule has 0 saturated carbocycles. The van der Waals surface area contributed by atoms with Gasteiger partial charge in [0, 0.05) is 12.8 Å². The lowest BCUT2D eigenvalue weighted by molar-refractivity contribution is -0.143. The third-order valence-electron chi connectivity index (χ3n) is 14.3. The molecular formula is C61H119NO5. The van der Waals surface area contributed by atoms with Crippen LogP contribution in [0.1, 0.15) is 341 Å². The van der Waals surface area contributed by atoms with Crippen molar-refractivity contribution in [3.05, 3.63) is 12.2 Å². The van der Waals surface area contributed by atoms with Crippen LogP contribution in [-0.2, 0) is 14.3 Å². The summed E-state index contributed by atoms with van der Waals surface area (Å²) in [6.45, 7) is 4.90. The van der Waals surface area contributed by atoms with E-state index in [2.05, 4.69) is 19.2 Å². The predicted octanol–water partition coefficient (Wildman–Crippen LogP) is 18.9.